The van der Waals surface area contributed by atoms with Crippen LogP contribution in [0.25, 0.3) is 0 Å². The van der Waals surface area contributed by atoms with Crippen molar-refractivity contribution in [1.82, 2.24) is 11.5 Å². The first kappa shape index (κ1) is 20.4. The molecule has 1 amide bonds. The highest BCUT2D eigenvalue weighted by Crippen LogP contribution is 2.28. The summed E-state index contributed by atoms with van der Waals surface area (Å²) in [5.74, 6) is -0.744. The standard InChI is InChI=1S/C16H20N2O6.H3N/c19-15(20)13-5-1-11(2-6-13)9-17-16(21)24-10-12-3-7-14(8-4-12)18(22)23;/h3-4,7-8,11,13H,1-2,5-6,9-10H2,(H,17,21)(H,19,20);1H3/t11-,13-;. The number of amides is 1. The smallest absolute Gasteiger partial charge is 0.407 e. The highest BCUT2D eigenvalue weighted by atomic mass is 16.6. The Bertz CT molecular complexity index is 596. The SMILES string of the molecule is N.O=C(NC[C@H]1CC[C@H](C(=O)O)CC1)OCc1ccc([N+](=O)[O-])cc1. The molecule has 0 spiro atoms. The molecule has 0 heterocycles. The number of nitrogens with one attached hydrogen (secondary N) is 1. The zero-order valence-corrected chi connectivity index (χ0v) is 13.8. The molecule has 1 saturated carbocycles. The fourth-order valence-electron chi connectivity index (χ4n) is 2.75. The van der Waals surface area contributed by atoms with Gasteiger partial charge in [-0.05, 0) is 49.3 Å². The van der Waals surface area contributed by atoms with E-state index < -0.39 is 17.0 Å². The summed E-state index contributed by atoms with van der Waals surface area (Å²) in [5, 5.41) is 22.2. The van der Waals surface area contributed by atoms with E-state index in [0.717, 1.165) is 12.8 Å². The maximum atomic E-state index is 11.7. The molecule has 0 unspecified atom stereocenters. The largest absolute Gasteiger partial charge is 0.481 e. The molecule has 0 aromatic heterocycles. The maximum absolute atomic E-state index is 11.7. The Labute approximate surface area is 145 Å². The number of aliphatic carboxylic acids is 1. The Morgan fingerprint density at radius 3 is 2.32 bits per heavy atom. The molecule has 0 atom stereocenters. The van der Waals surface area contributed by atoms with E-state index in [4.69, 9.17) is 9.84 Å². The number of hydrogen-bond acceptors (Lipinski definition) is 6. The van der Waals surface area contributed by atoms with Gasteiger partial charge in [0.05, 0.1) is 10.8 Å². The molecule has 1 aromatic carbocycles. The molecule has 1 aliphatic carbocycles. The van der Waals surface area contributed by atoms with Gasteiger partial charge in [0, 0.05) is 18.7 Å². The van der Waals surface area contributed by atoms with Crippen molar-refractivity contribution in [3.63, 3.8) is 0 Å². The number of non-ortho nitro benzene ring substituents is 1. The van der Waals surface area contributed by atoms with Gasteiger partial charge in [-0.3, -0.25) is 14.9 Å². The predicted octanol–water partition coefficient (Wildman–Crippen LogP) is 2.87. The number of hydrogen-bond donors (Lipinski definition) is 3. The second kappa shape index (κ2) is 9.58. The van der Waals surface area contributed by atoms with Crippen LogP contribution in [0.4, 0.5) is 10.5 Å². The summed E-state index contributed by atoms with van der Waals surface area (Å²) < 4.78 is 5.06. The number of rotatable bonds is 6. The van der Waals surface area contributed by atoms with E-state index in [2.05, 4.69) is 5.32 Å². The average Bonchev–Trinajstić information content (AvgIpc) is 2.58. The molecule has 0 saturated heterocycles. The van der Waals surface area contributed by atoms with Crippen molar-refractivity contribution in [2.75, 3.05) is 6.54 Å². The van der Waals surface area contributed by atoms with Crippen LogP contribution in [0.3, 0.4) is 0 Å². The van der Waals surface area contributed by atoms with Crippen molar-refractivity contribution < 1.29 is 24.4 Å². The molecular formula is C16H23N3O6. The maximum Gasteiger partial charge on any atom is 0.407 e. The lowest BCUT2D eigenvalue weighted by atomic mass is 9.82. The van der Waals surface area contributed by atoms with E-state index in [1.54, 1.807) is 12.1 Å². The number of alkyl carbamates (subject to hydrolysis) is 1. The van der Waals surface area contributed by atoms with Crippen molar-refractivity contribution in [3.05, 3.63) is 39.9 Å². The summed E-state index contributed by atoms with van der Waals surface area (Å²) in [7, 11) is 0. The molecule has 0 radical (unpaired) electrons. The van der Waals surface area contributed by atoms with Crippen LogP contribution < -0.4 is 11.5 Å². The third-order valence-corrected chi connectivity index (χ3v) is 4.25. The number of carboxylic acids is 1. The lowest BCUT2D eigenvalue weighted by Gasteiger charge is -2.25. The quantitative estimate of drug-likeness (QED) is 0.524. The van der Waals surface area contributed by atoms with Gasteiger partial charge in [0.25, 0.3) is 5.69 Å². The molecule has 5 N–H and O–H groups in total. The molecule has 138 valence electrons. The van der Waals surface area contributed by atoms with Crippen LogP contribution in [0.1, 0.15) is 31.2 Å². The summed E-state index contributed by atoms with van der Waals surface area (Å²) in [5.41, 5.74) is 0.651. The van der Waals surface area contributed by atoms with Gasteiger partial charge in [-0.25, -0.2) is 4.79 Å². The number of carbonyl (C=O) groups is 2. The van der Waals surface area contributed by atoms with Gasteiger partial charge in [-0.1, -0.05) is 0 Å². The zero-order valence-electron chi connectivity index (χ0n) is 13.8. The van der Waals surface area contributed by atoms with E-state index in [1.165, 1.54) is 12.1 Å². The topological polar surface area (TPSA) is 154 Å². The van der Waals surface area contributed by atoms with Crippen molar-refractivity contribution in [1.29, 1.82) is 0 Å². The number of carboxylic acid groups (broad SMARTS) is 1. The van der Waals surface area contributed by atoms with Crippen LogP contribution in [0, 0.1) is 22.0 Å². The zero-order chi connectivity index (χ0) is 17.5. The van der Waals surface area contributed by atoms with Crippen LogP contribution in [0.5, 0.6) is 0 Å². The van der Waals surface area contributed by atoms with Crippen LogP contribution in [0.2, 0.25) is 0 Å². The summed E-state index contributed by atoms with van der Waals surface area (Å²) in [4.78, 5) is 32.6. The van der Waals surface area contributed by atoms with Gasteiger partial charge in [0.15, 0.2) is 0 Å². The van der Waals surface area contributed by atoms with Crippen molar-refractivity contribution in [2.24, 2.45) is 11.8 Å². The average molecular weight is 353 g/mol. The summed E-state index contributed by atoms with van der Waals surface area (Å²) >= 11 is 0. The van der Waals surface area contributed by atoms with Gasteiger partial charge in [-0.2, -0.15) is 0 Å². The first-order chi connectivity index (χ1) is 11.5. The molecule has 1 aliphatic rings. The number of carbonyl (C=O) groups excluding carboxylic acids is 1. The molecule has 0 bridgehead atoms. The molecule has 9 heteroatoms. The summed E-state index contributed by atoms with van der Waals surface area (Å²) in [6, 6.07) is 5.80. The van der Waals surface area contributed by atoms with Gasteiger partial charge in [-0.15, -0.1) is 0 Å². The Morgan fingerprint density at radius 1 is 1.20 bits per heavy atom. The second-order valence-corrected chi connectivity index (χ2v) is 5.94. The fourth-order valence-corrected chi connectivity index (χ4v) is 2.75. The normalized spacial score (nSPS) is 19.4. The van der Waals surface area contributed by atoms with E-state index >= 15 is 0 Å². The van der Waals surface area contributed by atoms with Gasteiger partial charge in [0.2, 0.25) is 0 Å². The predicted molar refractivity (Wildman–Crippen MR) is 89.4 cm³/mol. The molecule has 1 aromatic rings. The van der Waals surface area contributed by atoms with Crippen molar-refractivity contribution in [2.45, 2.75) is 32.3 Å². The van der Waals surface area contributed by atoms with Gasteiger partial charge < -0.3 is 21.3 Å². The van der Waals surface area contributed by atoms with Crippen molar-refractivity contribution in [3.8, 4) is 0 Å². The summed E-state index contributed by atoms with van der Waals surface area (Å²) in [6.07, 6.45) is 2.28. The van der Waals surface area contributed by atoms with E-state index in [0.29, 0.717) is 24.9 Å². The lowest BCUT2D eigenvalue weighted by Crippen LogP contribution is -2.32. The summed E-state index contributed by atoms with van der Waals surface area (Å²) in [6.45, 7) is 0.501. The third kappa shape index (κ3) is 6.38. The molecule has 0 aliphatic heterocycles. The van der Waals surface area contributed by atoms with Crippen LogP contribution in [0.15, 0.2) is 24.3 Å². The number of nitro groups is 1. The molecular weight excluding hydrogens is 330 g/mol. The van der Waals surface area contributed by atoms with Crippen LogP contribution >= 0.6 is 0 Å². The Morgan fingerprint density at radius 2 is 1.80 bits per heavy atom. The molecule has 25 heavy (non-hydrogen) atoms. The minimum atomic E-state index is -0.746. The highest BCUT2D eigenvalue weighted by Gasteiger charge is 2.26. The fraction of sp³-hybridized carbons (Fsp3) is 0.500. The lowest BCUT2D eigenvalue weighted by molar-refractivity contribution is -0.384. The molecule has 2 rings (SSSR count). The van der Waals surface area contributed by atoms with E-state index in [1.807, 2.05) is 0 Å². The van der Waals surface area contributed by atoms with Gasteiger partial charge >= 0.3 is 12.1 Å². The first-order valence-corrected chi connectivity index (χ1v) is 7.82. The van der Waals surface area contributed by atoms with Crippen LogP contribution in [-0.2, 0) is 16.1 Å². The van der Waals surface area contributed by atoms with E-state index in [9.17, 15) is 19.7 Å². The van der Waals surface area contributed by atoms with E-state index in [-0.39, 0.29) is 30.3 Å². The number of ether oxygens (including phenoxy) is 1. The molecule has 9 nitrogen and oxygen atoms in total. The monoisotopic (exact) mass is 353 g/mol. The minimum absolute atomic E-state index is 0. The minimum Gasteiger partial charge on any atom is -0.481 e. The third-order valence-electron chi connectivity index (χ3n) is 4.25. The Balaban J connectivity index is 0.00000312. The molecule has 1 fully saturated rings. The Hall–Kier alpha value is -2.68. The van der Waals surface area contributed by atoms with Crippen LogP contribution in [-0.4, -0.2) is 28.6 Å². The van der Waals surface area contributed by atoms with Crippen molar-refractivity contribution >= 4 is 17.7 Å². The number of benzene rings is 1. The number of nitro benzene ring substituents is 1. The first-order valence-electron chi connectivity index (χ1n) is 7.82. The Kier molecular flexibility index (Phi) is 7.80. The second-order valence-electron chi connectivity index (χ2n) is 5.94. The number of nitrogens with zero attached hydrogens (tertiary/aromatic N) is 1. The van der Waals surface area contributed by atoms with Gasteiger partial charge in [0.1, 0.15) is 6.61 Å². The highest BCUT2D eigenvalue weighted by molar-refractivity contribution is 5.70.